The Hall–Kier alpha value is -1.45. The lowest BCUT2D eigenvalue weighted by Crippen LogP contribution is -2.44. The van der Waals surface area contributed by atoms with E-state index in [2.05, 4.69) is 6.58 Å². The Kier molecular flexibility index (Phi) is 8.04. The summed E-state index contributed by atoms with van der Waals surface area (Å²) < 4.78 is 0. The Morgan fingerprint density at radius 2 is 1.30 bits per heavy atom. The van der Waals surface area contributed by atoms with Crippen molar-refractivity contribution in [2.24, 2.45) is 5.92 Å². The molecule has 0 heterocycles. The summed E-state index contributed by atoms with van der Waals surface area (Å²) in [7, 11) is 0. The van der Waals surface area contributed by atoms with Crippen molar-refractivity contribution < 1.29 is 14.4 Å². The van der Waals surface area contributed by atoms with Gasteiger partial charge in [0.05, 0.1) is 0 Å². The SMILES string of the molecule is C=C(C)C(=O)C1CCC(N(C(C)=O)C(C)=O)CC1.CC. The molecule has 4 heteroatoms. The average molecular weight is 281 g/mol. The molecule has 114 valence electrons. The highest BCUT2D eigenvalue weighted by molar-refractivity contribution is 5.96. The van der Waals surface area contributed by atoms with Gasteiger partial charge in [-0.3, -0.25) is 19.3 Å². The van der Waals surface area contributed by atoms with Gasteiger partial charge in [-0.2, -0.15) is 0 Å². The van der Waals surface area contributed by atoms with Crippen LogP contribution in [0.25, 0.3) is 0 Å². The summed E-state index contributed by atoms with van der Waals surface area (Å²) in [5, 5.41) is 0. The first-order chi connectivity index (χ1) is 9.34. The summed E-state index contributed by atoms with van der Waals surface area (Å²) in [6, 6.07) is -0.0471. The minimum atomic E-state index is -0.211. The normalized spacial score (nSPS) is 21.2. The largest absolute Gasteiger partial charge is 0.294 e. The molecule has 0 aromatic carbocycles. The standard InChI is InChI=1S/C14H21NO3.C2H6/c1-9(2)14(18)12-5-7-13(8-6-12)15(10(3)16)11(4)17;1-2/h12-13H,1,5-8H2,2-4H3;1-2H3. The summed E-state index contributed by atoms with van der Waals surface area (Å²) in [5.41, 5.74) is 0.591. The van der Waals surface area contributed by atoms with E-state index in [0.717, 1.165) is 12.8 Å². The van der Waals surface area contributed by atoms with Crippen molar-refractivity contribution in [2.45, 2.75) is 66.3 Å². The first-order valence-corrected chi connectivity index (χ1v) is 7.34. The van der Waals surface area contributed by atoms with Crippen molar-refractivity contribution in [1.29, 1.82) is 0 Å². The third-order valence-electron chi connectivity index (χ3n) is 3.53. The number of carbonyl (C=O) groups excluding carboxylic acids is 3. The molecule has 0 atom stereocenters. The van der Waals surface area contributed by atoms with E-state index in [-0.39, 0.29) is 29.6 Å². The number of rotatable bonds is 3. The van der Waals surface area contributed by atoms with Crippen molar-refractivity contribution in [2.75, 3.05) is 0 Å². The van der Waals surface area contributed by atoms with Crippen LogP contribution in [0.3, 0.4) is 0 Å². The van der Waals surface area contributed by atoms with Crippen molar-refractivity contribution >= 4 is 17.6 Å². The molecular weight excluding hydrogens is 254 g/mol. The van der Waals surface area contributed by atoms with E-state index in [1.54, 1.807) is 6.92 Å². The van der Waals surface area contributed by atoms with Crippen LogP contribution in [0.4, 0.5) is 0 Å². The van der Waals surface area contributed by atoms with E-state index < -0.39 is 0 Å². The Labute approximate surface area is 122 Å². The van der Waals surface area contributed by atoms with Gasteiger partial charge in [0, 0.05) is 25.8 Å². The second-order valence-electron chi connectivity index (χ2n) is 5.06. The van der Waals surface area contributed by atoms with E-state index in [9.17, 15) is 14.4 Å². The lowest BCUT2D eigenvalue weighted by Gasteiger charge is -2.34. The predicted octanol–water partition coefficient (Wildman–Crippen LogP) is 3.11. The van der Waals surface area contributed by atoms with Crippen molar-refractivity contribution in [3.63, 3.8) is 0 Å². The van der Waals surface area contributed by atoms with Gasteiger partial charge in [-0.15, -0.1) is 0 Å². The molecule has 1 fully saturated rings. The zero-order valence-corrected chi connectivity index (χ0v) is 13.4. The predicted molar refractivity (Wildman–Crippen MR) is 80.1 cm³/mol. The second-order valence-corrected chi connectivity index (χ2v) is 5.06. The van der Waals surface area contributed by atoms with Crippen LogP contribution in [0, 0.1) is 5.92 Å². The van der Waals surface area contributed by atoms with Gasteiger partial charge in [0.2, 0.25) is 11.8 Å². The van der Waals surface area contributed by atoms with Crippen LogP contribution in [0.2, 0.25) is 0 Å². The van der Waals surface area contributed by atoms with E-state index in [0.29, 0.717) is 18.4 Å². The maximum Gasteiger partial charge on any atom is 0.226 e. The smallest absolute Gasteiger partial charge is 0.226 e. The van der Waals surface area contributed by atoms with Gasteiger partial charge < -0.3 is 0 Å². The number of Topliss-reactive ketones (excluding diaryl/α,β-unsaturated/α-hetero) is 1. The van der Waals surface area contributed by atoms with Crippen LogP contribution < -0.4 is 0 Å². The lowest BCUT2D eigenvalue weighted by atomic mass is 9.81. The van der Waals surface area contributed by atoms with E-state index >= 15 is 0 Å². The van der Waals surface area contributed by atoms with Crippen LogP contribution in [0.15, 0.2) is 12.2 Å². The first-order valence-electron chi connectivity index (χ1n) is 7.34. The molecular formula is C16H27NO3. The summed E-state index contributed by atoms with van der Waals surface area (Å²) in [6.45, 7) is 12.2. The molecule has 0 saturated heterocycles. The monoisotopic (exact) mass is 281 g/mol. The molecule has 2 amide bonds. The fourth-order valence-corrected chi connectivity index (χ4v) is 2.68. The zero-order chi connectivity index (χ0) is 15.9. The fourth-order valence-electron chi connectivity index (χ4n) is 2.68. The van der Waals surface area contributed by atoms with Gasteiger partial charge >= 0.3 is 0 Å². The quantitative estimate of drug-likeness (QED) is 0.747. The number of nitrogens with zero attached hydrogens (tertiary/aromatic N) is 1. The van der Waals surface area contributed by atoms with E-state index in [1.165, 1.54) is 18.7 Å². The fraction of sp³-hybridized carbons (Fsp3) is 0.688. The van der Waals surface area contributed by atoms with Crippen LogP contribution >= 0.6 is 0 Å². The Balaban J connectivity index is 0.00000172. The Morgan fingerprint density at radius 3 is 1.60 bits per heavy atom. The topological polar surface area (TPSA) is 54.5 Å². The Morgan fingerprint density at radius 1 is 0.900 bits per heavy atom. The number of hydrogen-bond donors (Lipinski definition) is 0. The van der Waals surface area contributed by atoms with Gasteiger partial charge in [0.15, 0.2) is 5.78 Å². The molecule has 0 unspecified atom stereocenters. The number of allylic oxidation sites excluding steroid dienone is 1. The minimum Gasteiger partial charge on any atom is -0.294 e. The second kappa shape index (κ2) is 8.67. The highest BCUT2D eigenvalue weighted by atomic mass is 16.2. The van der Waals surface area contributed by atoms with Gasteiger partial charge in [-0.1, -0.05) is 20.4 Å². The van der Waals surface area contributed by atoms with Gasteiger partial charge in [0.25, 0.3) is 0 Å². The van der Waals surface area contributed by atoms with Crippen LogP contribution in [0.1, 0.15) is 60.3 Å². The van der Waals surface area contributed by atoms with Crippen LogP contribution in [-0.2, 0) is 14.4 Å². The summed E-state index contributed by atoms with van der Waals surface area (Å²) in [5.74, 6) is -0.292. The van der Waals surface area contributed by atoms with Crippen LogP contribution in [0.5, 0.6) is 0 Å². The van der Waals surface area contributed by atoms with Gasteiger partial charge in [0.1, 0.15) is 0 Å². The molecule has 0 radical (unpaired) electrons. The highest BCUT2D eigenvalue weighted by Crippen LogP contribution is 2.29. The maximum atomic E-state index is 11.8. The minimum absolute atomic E-state index is 0.0134. The van der Waals surface area contributed by atoms with Crippen molar-refractivity contribution in [1.82, 2.24) is 4.90 Å². The maximum absolute atomic E-state index is 11.8. The molecule has 1 saturated carbocycles. The molecule has 0 spiro atoms. The summed E-state index contributed by atoms with van der Waals surface area (Å²) in [6.07, 6.45) is 2.88. The molecule has 1 aliphatic rings. The van der Waals surface area contributed by atoms with E-state index in [1.807, 2.05) is 13.8 Å². The summed E-state index contributed by atoms with van der Waals surface area (Å²) in [4.78, 5) is 36.0. The van der Waals surface area contributed by atoms with E-state index in [4.69, 9.17) is 0 Å². The molecule has 4 nitrogen and oxygen atoms in total. The van der Waals surface area contributed by atoms with Crippen molar-refractivity contribution in [3.05, 3.63) is 12.2 Å². The molecule has 0 N–H and O–H groups in total. The Bertz CT molecular complexity index is 365. The molecule has 1 aliphatic carbocycles. The number of ketones is 1. The lowest BCUT2D eigenvalue weighted by molar-refractivity contribution is -0.145. The number of carbonyl (C=O) groups is 3. The van der Waals surface area contributed by atoms with Crippen molar-refractivity contribution in [3.8, 4) is 0 Å². The number of imide groups is 1. The summed E-state index contributed by atoms with van der Waals surface area (Å²) >= 11 is 0. The van der Waals surface area contributed by atoms with Crippen LogP contribution in [-0.4, -0.2) is 28.5 Å². The molecule has 1 rings (SSSR count). The molecule has 0 aromatic heterocycles. The van der Waals surface area contributed by atoms with Gasteiger partial charge in [-0.05, 0) is 38.2 Å². The zero-order valence-electron chi connectivity index (χ0n) is 13.4. The molecule has 0 aromatic rings. The first kappa shape index (κ1) is 18.6. The highest BCUT2D eigenvalue weighted by Gasteiger charge is 2.32. The van der Waals surface area contributed by atoms with Gasteiger partial charge in [-0.25, -0.2) is 0 Å². The molecule has 0 bridgehead atoms. The number of amides is 2. The third kappa shape index (κ3) is 4.91. The average Bonchev–Trinajstić information content (AvgIpc) is 2.40. The third-order valence-corrected chi connectivity index (χ3v) is 3.53. The molecule has 20 heavy (non-hydrogen) atoms. The number of hydrogen-bond acceptors (Lipinski definition) is 3. The molecule has 0 aliphatic heterocycles.